The molecule has 0 bridgehead atoms. The van der Waals surface area contributed by atoms with Crippen molar-refractivity contribution in [3.63, 3.8) is 0 Å². The number of halogens is 3. The Labute approximate surface area is 220 Å². The molecule has 3 rings (SSSR count). The van der Waals surface area contributed by atoms with E-state index >= 15 is 0 Å². The predicted molar refractivity (Wildman–Crippen MR) is 139 cm³/mol. The summed E-state index contributed by atoms with van der Waals surface area (Å²) in [6.45, 7) is 2.15. The van der Waals surface area contributed by atoms with Gasteiger partial charge in [0.25, 0.3) is 0 Å². The second-order valence-corrected chi connectivity index (χ2v) is 11.1. The average Bonchev–Trinajstić information content (AvgIpc) is 2.89. The Morgan fingerprint density at radius 1 is 1.22 bits per heavy atom. The molecule has 1 aliphatic carbocycles. The minimum absolute atomic E-state index is 0.0271. The highest BCUT2D eigenvalue weighted by molar-refractivity contribution is 5.76. The number of rotatable bonds is 13. The van der Waals surface area contributed by atoms with Gasteiger partial charge in [0.15, 0.2) is 11.6 Å². The molecule has 1 saturated heterocycles. The summed E-state index contributed by atoms with van der Waals surface area (Å²) in [5.41, 5.74) is -1.60. The molecule has 1 aromatic carbocycles. The molecule has 2 fully saturated rings. The van der Waals surface area contributed by atoms with Crippen LogP contribution in [0.2, 0.25) is 0 Å². The lowest BCUT2D eigenvalue weighted by Gasteiger charge is -2.43. The highest BCUT2D eigenvalue weighted by atomic mass is 19.2. The number of carbonyl (C=O) groups is 1. The minimum Gasteiger partial charge on any atom is -0.385 e. The first-order valence-electron chi connectivity index (χ1n) is 14.0. The van der Waals surface area contributed by atoms with Crippen LogP contribution in [0.1, 0.15) is 76.2 Å². The van der Waals surface area contributed by atoms with E-state index in [2.05, 4.69) is 5.32 Å². The molecule has 1 heterocycles. The number of alkyl halides is 1. The second kappa shape index (κ2) is 14.5. The predicted octanol–water partition coefficient (Wildman–Crippen LogP) is 5.35. The van der Waals surface area contributed by atoms with Gasteiger partial charge in [0.2, 0.25) is 5.91 Å². The molecule has 8 heteroatoms. The summed E-state index contributed by atoms with van der Waals surface area (Å²) in [7, 11) is 3.49. The lowest BCUT2D eigenvalue weighted by atomic mass is 9.73. The van der Waals surface area contributed by atoms with Crippen LogP contribution in [0.15, 0.2) is 18.2 Å². The van der Waals surface area contributed by atoms with E-state index in [-0.39, 0.29) is 23.8 Å². The number of likely N-dealkylation sites (tertiary alicyclic amines) is 1. The number of ether oxygens (including phenoxy) is 1. The first kappa shape index (κ1) is 29.9. The molecule has 1 saturated carbocycles. The maximum atomic E-state index is 14.9. The quantitative estimate of drug-likeness (QED) is 0.340. The first-order valence-corrected chi connectivity index (χ1v) is 14.0. The van der Waals surface area contributed by atoms with Crippen LogP contribution in [-0.4, -0.2) is 62.5 Å². The van der Waals surface area contributed by atoms with Crippen LogP contribution in [0, 0.1) is 29.4 Å². The number of benzene rings is 1. The van der Waals surface area contributed by atoms with Crippen LogP contribution in [0.5, 0.6) is 0 Å². The third kappa shape index (κ3) is 8.17. The molecule has 0 spiro atoms. The number of methoxy groups -OCH3 is 1. The summed E-state index contributed by atoms with van der Waals surface area (Å²) < 4.78 is 47.8. The zero-order valence-electron chi connectivity index (χ0n) is 22.5. The van der Waals surface area contributed by atoms with Crippen LogP contribution in [-0.2, 0) is 15.1 Å². The molecule has 5 nitrogen and oxygen atoms in total. The van der Waals surface area contributed by atoms with Gasteiger partial charge in [0.1, 0.15) is 6.17 Å². The van der Waals surface area contributed by atoms with Crippen molar-refractivity contribution in [2.75, 3.05) is 40.4 Å². The fourth-order valence-corrected chi connectivity index (χ4v) is 6.36. The lowest BCUT2D eigenvalue weighted by molar-refractivity contribution is -0.138. The van der Waals surface area contributed by atoms with Crippen molar-refractivity contribution in [1.82, 2.24) is 10.2 Å². The Bertz CT molecular complexity index is 850. The molecule has 2 N–H and O–H groups in total. The normalized spacial score (nSPS) is 25.0. The van der Waals surface area contributed by atoms with Crippen LogP contribution in [0.25, 0.3) is 0 Å². The van der Waals surface area contributed by atoms with Crippen LogP contribution in [0.4, 0.5) is 13.2 Å². The van der Waals surface area contributed by atoms with Gasteiger partial charge in [-0.1, -0.05) is 12.1 Å². The fraction of sp³-hybridized carbons (Fsp3) is 0.759. The number of aliphatic hydroxyl groups is 1. The maximum absolute atomic E-state index is 14.9. The van der Waals surface area contributed by atoms with Gasteiger partial charge in [-0.15, -0.1) is 0 Å². The molecule has 37 heavy (non-hydrogen) atoms. The average molecular weight is 527 g/mol. The fourth-order valence-electron chi connectivity index (χ4n) is 6.36. The topological polar surface area (TPSA) is 61.8 Å². The van der Waals surface area contributed by atoms with Crippen LogP contribution < -0.4 is 5.32 Å². The Morgan fingerprint density at radius 2 is 1.97 bits per heavy atom. The molecule has 210 valence electrons. The Morgan fingerprint density at radius 3 is 2.68 bits per heavy atom. The minimum atomic E-state index is -1.58. The Hall–Kier alpha value is -1.64. The number of hydrogen-bond donors (Lipinski definition) is 2. The highest BCUT2D eigenvalue weighted by Crippen LogP contribution is 2.41. The molecule has 0 unspecified atom stereocenters. The molecule has 1 aromatic rings. The van der Waals surface area contributed by atoms with E-state index in [1.807, 2.05) is 7.05 Å². The van der Waals surface area contributed by atoms with Crippen molar-refractivity contribution in [3.05, 3.63) is 35.4 Å². The summed E-state index contributed by atoms with van der Waals surface area (Å²) in [4.78, 5) is 15.2. The van der Waals surface area contributed by atoms with Gasteiger partial charge in [-0.25, -0.2) is 13.2 Å². The molecule has 1 aliphatic heterocycles. The number of nitrogens with zero attached hydrogens (tertiary/aromatic N) is 1. The zero-order chi connectivity index (χ0) is 26.8. The van der Waals surface area contributed by atoms with Gasteiger partial charge in [-0.2, -0.15) is 0 Å². The maximum Gasteiger partial charge on any atom is 0.222 e. The van der Waals surface area contributed by atoms with Crippen molar-refractivity contribution in [2.24, 2.45) is 17.8 Å². The summed E-state index contributed by atoms with van der Waals surface area (Å²) in [5.74, 6) is -1.75. The summed E-state index contributed by atoms with van der Waals surface area (Å²) in [5, 5.41) is 15.1. The molecule has 0 aromatic heterocycles. The molecular weight excluding hydrogens is 481 g/mol. The van der Waals surface area contributed by atoms with Gasteiger partial charge in [-0.05, 0) is 95.7 Å². The molecular formula is C29H45F3N2O3. The van der Waals surface area contributed by atoms with Crippen molar-refractivity contribution in [2.45, 2.75) is 82.4 Å². The van der Waals surface area contributed by atoms with Crippen LogP contribution >= 0.6 is 0 Å². The first-order chi connectivity index (χ1) is 17.8. The Kier molecular flexibility index (Phi) is 11.7. The highest BCUT2D eigenvalue weighted by Gasteiger charge is 2.43. The number of carbonyl (C=O) groups excluding carboxylic acids is 1. The van der Waals surface area contributed by atoms with E-state index in [9.17, 15) is 23.1 Å². The Balaban J connectivity index is 1.70. The smallest absolute Gasteiger partial charge is 0.222 e. The van der Waals surface area contributed by atoms with Gasteiger partial charge in [0.05, 0.1) is 5.60 Å². The van der Waals surface area contributed by atoms with E-state index < -0.39 is 29.3 Å². The standard InChI is InChI=1S/C29H45F3N2O3/c1-33-19-22(17-21-10-12-24(30)13-11-21)18-27(35)34-15-6-7-23(20-34)29(36,14-3-4-16-37-2)25-8-5-9-26(31)28(25)32/h5,8-9,21-24,33,36H,3-4,6-7,10-20H2,1-2H3/t21?,22-,23-,24?,29+/m1/s1. The van der Waals surface area contributed by atoms with E-state index in [1.165, 1.54) is 12.1 Å². The molecule has 1 amide bonds. The summed E-state index contributed by atoms with van der Waals surface area (Å²) in [6, 6.07) is 3.95. The van der Waals surface area contributed by atoms with Gasteiger partial charge in [0, 0.05) is 44.7 Å². The third-order valence-electron chi connectivity index (χ3n) is 8.42. The molecule has 0 radical (unpaired) electrons. The number of piperidine rings is 1. The van der Waals surface area contributed by atoms with E-state index in [0.717, 1.165) is 31.9 Å². The van der Waals surface area contributed by atoms with Crippen molar-refractivity contribution in [3.8, 4) is 0 Å². The number of hydrogen-bond acceptors (Lipinski definition) is 4. The van der Waals surface area contributed by atoms with Gasteiger partial charge >= 0.3 is 0 Å². The van der Waals surface area contributed by atoms with Crippen molar-refractivity contribution < 1.29 is 27.8 Å². The largest absolute Gasteiger partial charge is 0.385 e. The SMILES string of the molecule is CNC[C@@H](CC(=O)N1CCC[C@@H]([C@@](O)(CCCCOC)c2cccc(F)c2F)C1)CC1CCC(F)CC1. The zero-order valence-corrected chi connectivity index (χ0v) is 22.5. The van der Waals surface area contributed by atoms with E-state index in [1.54, 1.807) is 12.0 Å². The lowest BCUT2D eigenvalue weighted by Crippen LogP contribution is -2.49. The molecule has 2 aliphatic rings. The van der Waals surface area contributed by atoms with Gasteiger partial charge < -0.3 is 20.1 Å². The number of nitrogens with one attached hydrogen (secondary N) is 1. The molecule has 3 atom stereocenters. The van der Waals surface area contributed by atoms with E-state index in [4.69, 9.17) is 4.74 Å². The number of unbranched alkanes of at least 4 members (excludes halogenated alkanes) is 1. The number of amides is 1. The second-order valence-electron chi connectivity index (χ2n) is 11.1. The van der Waals surface area contributed by atoms with Crippen LogP contribution in [0.3, 0.4) is 0 Å². The van der Waals surface area contributed by atoms with Gasteiger partial charge in [-0.3, -0.25) is 4.79 Å². The summed E-state index contributed by atoms with van der Waals surface area (Å²) >= 11 is 0. The van der Waals surface area contributed by atoms with Crippen molar-refractivity contribution >= 4 is 5.91 Å². The monoisotopic (exact) mass is 526 g/mol. The van der Waals surface area contributed by atoms with E-state index in [0.29, 0.717) is 70.6 Å². The summed E-state index contributed by atoms with van der Waals surface area (Å²) in [6.07, 6.45) is 6.45. The van der Waals surface area contributed by atoms with Crippen molar-refractivity contribution in [1.29, 1.82) is 0 Å². The third-order valence-corrected chi connectivity index (χ3v) is 8.42.